The Bertz CT molecular complexity index is 1180. The quantitative estimate of drug-likeness (QED) is 0.343. The van der Waals surface area contributed by atoms with Gasteiger partial charge >= 0.3 is 0 Å². The van der Waals surface area contributed by atoms with Gasteiger partial charge in [-0.3, -0.25) is 9.59 Å². The van der Waals surface area contributed by atoms with Crippen LogP contribution in [-0.4, -0.2) is 47.0 Å². The van der Waals surface area contributed by atoms with Gasteiger partial charge in [-0.15, -0.1) is 0 Å². The molecule has 2 aliphatic carbocycles. The summed E-state index contributed by atoms with van der Waals surface area (Å²) in [5.41, 5.74) is -1.91. The summed E-state index contributed by atoms with van der Waals surface area (Å²) in [6, 6.07) is 6.85. The number of carbonyl (C=O) groups excluding carboxylic acids is 2. The minimum atomic E-state index is -2.81. The maximum absolute atomic E-state index is 13.5. The van der Waals surface area contributed by atoms with Crippen molar-refractivity contribution in [1.82, 2.24) is 15.6 Å². The second-order valence-corrected chi connectivity index (χ2v) is 10.7. The maximum atomic E-state index is 13.5. The fourth-order valence-electron chi connectivity index (χ4n) is 5.09. The highest BCUT2D eigenvalue weighted by Gasteiger charge is 2.54. The third kappa shape index (κ3) is 6.14. The minimum absolute atomic E-state index is 0.105. The first-order valence-corrected chi connectivity index (χ1v) is 12.6. The molecular formula is C26H29ClF4N4O3. The zero-order chi connectivity index (χ0) is 27.7. The number of nitrogens with one attached hydrogen (secondary N) is 3. The first-order chi connectivity index (χ1) is 17.9. The van der Waals surface area contributed by atoms with Crippen LogP contribution in [0.3, 0.4) is 0 Å². The normalized spacial score (nSPS) is 22.6. The van der Waals surface area contributed by atoms with Crippen molar-refractivity contribution in [2.24, 2.45) is 5.92 Å². The number of ether oxygens (including phenoxy) is 1. The third-order valence-electron chi connectivity index (χ3n) is 7.17. The lowest BCUT2D eigenvalue weighted by Gasteiger charge is -2.46. The fraction of sp³-hybridized carbons (Fsp3) is 0.500. The number of aromatic nitrogens is 1. The average Bonchev–Trinajstić information content (AvgIpc) is 3.08. The fourth-order valence-corrected chi connectivity index (χ4v) is 5.27. The van der Waals surface area contributed by atoms with Crippen molar-refractivity contribution in [1.29, 1.82) is 0 Å². The van der Waals surface area contributed by atoms with E-state index in [1.165, 1.54) is 38.2 Å². The summed E-state index contributed by atoms with van der Waals surface area (Å²) in [6.07, 6.45) is -0.934. The van der Waals surface area contributed by atoms with Crippen LogP contribution in [0.2, 0.25) is 5.02 Å². The number of alkyl halides is 4. The molecule has 2 amide bonds. The van der Waals surface area contributed by atoms with Crippen LogP contribution in [0.1, 0.15) is 61.9 Å². The Morgan fingerprint density at radius 2 is 1.97 bits per heavy atom. The lowest BCUT2D eigenvalue weighted by molar-refractivity contribution is -0.135. The highest BCUT2D eigenvalue weighted by atomic mass is 35.5. The molecule has 3 N–H and O–H groups in total. The van der Waals surface area contributed by atoms with E-state index in [1.54, 1.807) is 6.07 Å². The van der Waals surface area contributed by atoms with Gasteiger partial charge in [0.15, 0.2) is 5.60 Å². The number of nitrogens with zero attached hydrogens (tertiary/aromatic N) is 1. The standard InChI is InChI=1S/C26H29ClF4N4O3/c1-25(2,38-19-5-4-16(27)10-18(19)22(30)31)24(37)34-17-9-15-7-8-26(15,11-17)35-21-6-3-14(12-32-21)23(36)33-13-20(28)29/h3-6,10,12,15,17,20,22H,7-9,11,13H2,1-2H3,(H,32,35)(H,33,36)(H,34,37). The number of rotatable bonds is 10. The Labute approximate surface area is 222 Å². The lowest BCUT2D eigenvalue weighted by atomic mass is 9.69. The zero-order valence-corrected chi connectivity index (χ0v) is 21.6. The highest BCUT2D eigenvalue weighted by Crippen LogP contribution is 2.52. The van der Waals surface area contributed by atoms with Crippen molar-refractivity contribution in [2.75, 3.05) is 11.9 Å². The van der Waals surface area contributed by atoms with Gasteiger partial charge in [-0.1, -0.05) is 11.6 Å². The number of benzene rings is 1. The van der Waals surface area contributed by atoms with E-state index in [-0.39, 0.29) is 39.4 Å². The summed E-state index contributed by atoms with van der Waals surface area (Å²) in [5.74, 6) is -0.331. The predicted molar refractivity (Wildman–Crippen MR) is 134 cm³/mol. The Morgan fingerprint density at radius 3 is 2.58 bits per heavy atom. The Morgan fingerprint density at radius 1 is 1.21 bits per heavy atom. The largest absolute Gasteiger partial charge is 0.478 e. The second-order valence-electron chi connectivity index (χ2n) is 10.3. The first-order valence-electron chi connectivity index (χ1n) is 12.3. The summed E-state index contributed by atoms with van der Waals surface area (Å²) in [5, 5.41) is 8.72. The molecular weight excluding hydrogens is 528 g/mol. The van der Waals surface area contributed by atoms with E-state index < -0.39 is 36.8 Å². The van der Waals surface area contributed by atoms with Crippen molar-refractivity contribution in [3.63, 3.8) is 0 Å². The Kier molecular flexibility index (Phi) is 8.06. The van der Waals surface area contributed by atoms with Crippen LogP contribution in [0.5, 0.6) is 5.75 Å². The van der Waals surface area contributed by atoms with Crippen LogP contribution in [0.25, 0.3) is 0 Å². The molecule has 1 aromatic carbocycles. The number of anilines is 1. The van der Waals surface area contributed by atoms with Crippen LogP contribution in [0.15, 0.2) is 36.5 Å². The van der Waals surface area contributed by atoms with E-state index in [1.807, 2.05) is 0 Å². The Hall–Kier alpha value is -3.08. The smallest absolute Gasteiger partial charge is 0.267 e. The van der Waals surface area contributed by atoms with Gasteiger partial charge in [0.25, 0.3) is 24.7 Å². The molecule has 0 aliphatic heterocycles. The second kappa shape index (κ2) is 11.0. The van der Waals surface area contributed by atoms with Gasteiger partial charge in [0, 0.05) is 22.8 Å². The highest BCUT2D eigenvalue weighted by molar-refractivity contribution is 6.30. The van der Waals surface area contributed by atoms with Crippen molar-refractivity contribution < 1.29 is 31.9 Å². The van der Waals surface area contributed by atoms with E-state index in [2.05, 4.69) is 20.9 Å². The van der Waals surface area contributed by atoms with Gasteiger partial charge in [0.05, 0.1) is 17.7 Å². The SMILES string of the molecule is CC(C)(Oc1ccc(Cl)cc1C(F)F)C(=O)NC1CC2CCC2(Nc2ccc(C(=O)NCC(F)F)cn2)C1. The number of halogens is 5. The molecule has 206 valence electrons. The number of amides is 2. The molecule has 1 heterocycles. The zero-order valence-electron chi connectivity index (χ0n) is 20.9. The summed E-state index contributed by atoms with van der Waals surface area (Å²) in [4.78, 5) is 29.3. The number of carbonyl (C=O) groups is 2. The number of hydrogen-bond acceptors (Lipinski definition) is 5. The van der Waals surface area contributed by atoms with Gasteiger partial charge < -0.3 is 20.7 Å². The summed E-state index contributed by atoms with van der Waals surface area (Å²) >= 11 is 5.84. The molecule has 2 saturated carbocycles. The van der Waals surface area contributed by atoms with E-state index in [4.69, 9.17) is 16.3 Å². The molecule has 12 heteroatoms. The summed E-state index contributed by atoms with van der Waals surface area (Å²) in [7, 11) is 0. The van der Waals surface area contributed by atoms with Crippen LogP contribution in [0, 0.1) is 5.92 Å². The van der Waals surface area contributed by atoms with Crippen molar-refractivity contribution in [2.45, 2.75) is 69.6 Å². The summed E-state index contributed by atoms with van der Waals surface area (Å²) in [6.45, 7) is 2.31. The van der Waals surface area contributed by atoms with Gasteiger partial charge in [-0.2, -0.15) is 0 Å². The molecule has 0 saturated heterocycles. The van der Waals surface area contributed by atoms with E-state index in [0.29, 0.717) is 12.2 Å². The van der Waals surface area contributed by atoms with Gasteiger partial charge in [0.2, 0.25) is 0 Å². The molecule has 0 bridgehead atoms. The minimum Gasteiger partial charge on any atom is -0.478 e. The van der Waals surface area contributed by atoms with Gasteiger partial charge in [-0.05, 0) is 75.8 Å². The van der Waals surface area contributed by atoms with Crippen LogP contribution in [0.4, 0.5) is 23.4 Å². The molecule has 3 unspecified atom stereocenters. The molecule has 0 spiro atoms. The van der Waals surface area contributed by atoms with Gasteiger partial charge in [0.1, 0.15) is 11.6 Å². The maximum Gasteiger partial charge on any atom is 0.267 e. The molecule has 1 aromatic heterocycles. The average molecular weight is 557 g/mol. The predicted octanol–water partition coefficient (Wildman–Crippen LogP) is 5.36. The molecule has 38 heavy (non-hydrogen) atoms. The van der Waals surface area contributed by atoms with Gasteiger partial charge in [-0.25, -0.2) is 22.5 Å². The number of hydrogen-bond donors (Lipinski definition) is 3. The number of fused-ring (bicyclic) bond motifs is 1. The van der Waals surface area contributed by atoms with Crippen molar-refractivity contribution >= 4 is 29.2 Å². The van der Waals surface area contributed by atoms with Crippen molar-refractivity contribution in [3.8, 4) is 5.75 Å². The molecule has 4 rings (SSSR count). The van der Waals surface area contributed by atoms with E-state index >= 15 is 0 Å². The molecule has 7 nitrogen and oxygen atoms in total. The van der Waals surface area contributed by atoms with E-state index in [9.17, 15) is 27.2 Å². The molecule has 2 fully saturated rings. The molecule has 2 aromatic rings. The third-order valence-corrected chi connectivity index (χ3v) is 7.41. The van der Waals surface area contributed by atoms with Crippen molar-refractivity contribution in [3.05, 3.63) is 52.7 Å². The molecule has 0 radical (unpaired) electrons. The molecule has 3 atom stereocenters. The van der Waals surface area contributed by atoms with Crippen LogP contribution >= 0.6 is 11.6 Å². The first kappa shape index (κ1) is 27.9. The number of pyridine rings is 1. The topological polar surface area (TPSA) is 92.4 Å². The monoisotopic (exact) mass is 556 g/mol. The van der Waals surface area contributed by atoms with Crippen LogP contribution in [-0.2, 0) is 4.79 Å². The summed E-state index contributed by atoms with van der Waals surface area (Å²) < 4.78 is 57.3. The van der Waals surface area contributed by atoms with E-state index in [0.717, 1.165) is 25.3 Å². The lowest BCUT2D eigenvalue weighted by Crippen LogP contribution is -2.51. The Balaban J connectivity index is 1.36. The van der Waals surface area contributed by atoms with Crippen LogP contribution < -0.4 is 20.7 Å². The molecule has 2 aliphatic rings.